The Balaban J connectivity index is 1.63. The van der Waals surface area contributed by atoms with Gasteiger partial charge in [-0.25, -0.2) is 0 Å². The molecule has 0 radical (unpaired) electrons. The molecule has 0 aromatic rings. The van der Waals surface area contributed by atoms with Crippen molar-refractivity contribution in [1.29, 1.82) is 0 Å². The topological polar surface area (TPSA) is 24.5 Å². The molecule has 1 N–H and O–H groups in total. The Morgan fingerprint density at radius 3 is 2.68 bits per heavy atom. The summed E-state index contributed by atoms with van der Waals surface area (Å²) < 4.78 is 5.65. The van der Waals surface area contributed by atoms with Crippen molar-refractivity contribution in [3.8, 4) is 0 Å². The molecule has 1 aliphatic carbocycles. The van der Waals surface area contributed by atoms with E-state index in [9.17, 15) is 0 Å². The van der Waals surface area contributed by atoms with E-state index < -0.39 is 0 Å². The molecule has 1 atom stereocenters. The van der Waals surface area contributed by atoms with Crippen molar-refractivity contribution < 1.29 is 4.74 Å². The fraction of sp³-hybridized carbons (Fsp3) is 1.00. The van der Waals surface area contributed by atoms with Crippen LogP contribution in [-0.2, 0) is 4.74 Å². The van der Waals surface area contributed by atoms with Crippen molar-refractivity contribution in [1.82, 2.24) is 10.2 Å². The van der Waals surface area contributed by atoms with Crippen LogP contribution in [0, 0.1) is 5.92 Å². The number of nitrogens with one attached hydrogen (secondary N) is 1. The van der Waals surface area contributed by atoms with Gasteiger partial charge in [0, 0.05) is 32.8 Å². The van der Waals surface area contributed by atoms with Crippen LogP contribution in [0.1, 0.15) is 52.4 Å². The van der Waals surface area contributed by atoms with Crippen molar-refractivity contribution >= 4 is 0 Å². The lowest BCUT2D eigenvalue weighted by Crippen LogP contribution is -2.49. The van der Waals surface area contributed by atoms with E-state index in [1.54, 1.807) is 0 Å². The third kappa shape index (κ3) is 4.73. The molecule has 0 spiro atoms. The number of nitrogens with zero attached hydrogens (tertiary/aromatic N) is 1. The zero-order chi connectivity index (χ0) is 13.7. The minimum Gasteiger partial charge on any atom is -0.377 e. The summed E-state index contributed by atoms with van der Waals surface area (Å²) in [5.74, 6) is 0.947. The average Bonchev–Trinajstić information content (AvgIpc) is 2.41. The van der Waals surface area contributed by atoms with Crippen molar-refractivity contribution in [2.45, 2.75) is 64.0 Å². The fourth-order valence-corrected chi connectivity index (χ4v) is 3.56. The monoisotopic (exact) mass is 268 g/mol. The van der Waals surface area contributed by atoms with E-state index in [1.165, 1.54) is 51.6 Å². The molecule has 2 fully saturated rings. The summed E-state index contributed by atoms with van der Waals surface area (Å²) in [6.07, 6.45) is 8.03. The maximum atomic E-state index is 5.65. The number of hydrogen-bond acceptors (Lipinski definition) is 3. The molecule has 112 valence electrons. The molecule has 19 heavy (non-hydrogen) atoms. The highest BCUT2D eigenvalue weighted by Gasteiger charge is 2.30. The molecule has 1 saturated carbocycles. The first kappa shape index (κ1) is 15.3. The quantitative estimate of drug-likeness (QED) is 0.829. The van der Waals surface area contributed by atoms with Crippen LogP contribution in [-0.4, -0.2) is 49.8 Å². The number of methoxy groups -OCH3 is 1. The first-order chi connectivity index (χ1) is 9.11. The second-order valence-electron chi connectivity index (χ2n) is 6.94. The van der Waals surface area contributed by atoms with Gasteiger partial charge >= 0.3 is 0 Å². The maximum Gasteiger partial charge on any atom is 0.0777 e. The Bertz CT molecular complexity index is 263. The largest absolute Gasteiger partial charge is 0.377 e. The molecule has 3 nitrogen and oxygen atoms in total. The molecule has 1 saturated heterocycles. The summed E-state index contributed by atoms with van der Waals surface area (Å²) in [7, 11) is 1.85. The highest BCUT2D eigenvalue weighted by atomic mass is 16.5. The summed E-state index contributed by atoms with van der Waals surface area (Å²) in [6.45, 7) is 9.27. The van der Waals surface area contributed by atoms with Gasteiger partial charge in [-0.05, 0) is 57.9 Å². The van der Waals surface area contributed by atoms with Crippen LogP contribution >= 0.6 is 0 Å². The van der Waals surface area contributed by atoms with E-state index in [0.717, 1.165) is 25.0 Å². The van der Waals surface area contributed by atoms with Crippen LogP contribution in [0.2, 0.25) is 0 Å². The van der Waals surface area contributed by atoms with Gasteiger partial charge in [0.05, 0.1) is 5.60 Å². The Kier molecular flexibility index (Phi) is 5.67. The smallest absolute Gasteiger partial charge is 0.0777 e. The third-order valence-corrected chi connectivity index (χ3v) is 5.11. The number of rotatable bonds is 5. The molecule has 3 heteroatoms. The number of hydrogen-bond donors (Lipinski definition) is 1. The van der Waals surface area contributed by atoms with Gasteiger partial charge in [0.25, 0.3) is 0 Å². The number of piperidine rings is 1. The van der Waals surface area contributed by atoms with Crippen molar-refractivity contribution in [3.63, 3.8) is 0 Å². The average molecular weight is 268 g/mol. The lowest BCUT2D eigenvalue weighted by Gasteiger charge is -2.39. The van der Waals surface area contributed by atoms with Gasteiger partial charge in [-0.1, -0.05) is 6.92 Å². The Hall–Kier alpha value is -0.120. The van der Waals surface area contributed by atoms with Gasteiger partial charge in [0.2, 0.25) is 0 Å². The SMILES string of the molecule is COC1(C)CCCN(CCNC2CCC(C)CC2)C1. The highest BCUT2D eigenvalue weighted by molar-refractivity contribution is 4.85. The van der Waals surface area contributed by atoms with Gasteiger partial charge in [-0.3, -0.25) is 4.90 Å². The van der Waals surface area contributed by atoms with Crippen LogP contribution < -0.4 is 5.32 Å². The summed E-state index contributed by atoms with van der Waals surface area (Å²) in [6, 6.07) is 0.773. The van der Waals surface area contributed by atoms with Crippen molar-refractivity contribution in [3.05, 3.63) is 0 Å². The highest BCUT2D eigenvalue weighted by Crippen LogP contribution is 2.24. The van der Waals surface area contributed by atoms with E-state index in [2.05, 4.69) is 24.1 Å². The van der Waals surface area contributed by atoms with Crippen molar-refractivity contribution in [2.24, 2.45) is 5.92 Å². The van der Waals surface area contributed by atoms with E-state index >= 15 is 0 Å². The van der Waals surface area contributed by atoms with E-state index in [4.69, 9.17) is 4.74 Å². The second-order valence-corrected chi connectivity index (χ2v) is 6.94. The van der Waals surface area contributed by atoms with Crippen LogP contribution in [0.5, 0.6) is 0 Å². The molecule has 0 aromatic carbocycles. The molecule has 0 bridgehead atoms. The summed E-state index contributed by atoms with van der Waals surface area (Å²) in [5, 5.41) is 3.75. The molecule has 1 heterocycles. The van der Waals surface area contributed by atoms with Crippen LogP contribution in [0.25, 0.3) is 0 Å². The third-order valence-electron chi connectivity index (χ3n) is 5.11. The van der Waals surface area contributed by atoms with E-state index in [0.29, 0.717) is 0 Å². The van der Waals surface area contributed by atoms with Gasteiger partial charge in [-0.2, -0.15) is 0 Å². The Morgan fingerprint density at radius 2 is 2.00 bits per heavy atom. The summed E-state index contributed by atoms with van der Waals surface area (Å²) in [5.41, 5.74) is 0.0819. The molecular formula is C16H32N2O. The predicted molar refractivity (Wildman–Crippen MR) is 80.5 cm³/mol. The van der Waals surface area contributed by atoms with Crippen LogP contribution in [0.3, 0.4) is 0 Å². The Labute approximate surface area is 119 Å². The number of ether oxygens (including phenoxy) is 1. The van der Waals surface area contributed by atoms with Crippen LogP contribution in [0.15, 0.2) is 0 Å². The minimum atomic E-state index is 0.0819. The minimum absolute atomic E-state index is 0.0819. The van der Waals surface area contributed by atoms with Crippen molar-refractivity contribution in [2.75, 3.05) is 33.3 Å². The summed E-state index contributed by atoms with van der Waals surface area (Å²) in [4.78, 5) is 2.56. The zero-order valence-corrected chi connectivity index (χ0v) is 13.1. The van der Waals surface area contributed by atoms with Gasteiger partial charge in [0.15, 0.2) is 0 Å². The van der Waals surface area contributed by atoms with E-state index in [-0.39, 0.29) is 5.60 Å². The molecule has 0 amide bonds. The maximum absolute atomic E-state index is 5.65. The molecule has 1 aliphatic heterocycles. The van der Waals surface area contributed by atoms with Gasteiger partial charge < -0.3 is 10.1 Å². The first-order valence-electron chi connectivity index (χ1n) is 8.12. The fourth-order valence-electron chi connectivity index (χ4n) is 3.56. The number of likely N-dealkylation sites (tertiary alicyclic amines) is 1. The second kappa shape index (κ2) is 7.05. The summed E-state index contributed by atoms with van der Waals surface area (Å²) >= 11 is 0. The van der Waals surface area contributed by atoms with Crippen LogP contribution in [0.4, 0.5) is 0 Å². The standard InChI is InChI=1S/C16H32N2O/c1-14-5-7-15(8-6-14)17-10-12-18-11-4-9-16(2,13-18)19-3/h14-15,17H,4-13H2,1-3H3. The normalized spacial score (nSPS) is 37.4. The predicted octanol–water partition coefficient (Wildman–Crippen LogP) is 2.66. The molecular weight excluding hydrogens is 236 g/mol. The van der Waals surface area contributed by atoms with E-state index in [1.807, 2.05) is 7.11 Å². The first-order valence-corrected chi connectivity index (χ1v) is 8.12. The van der Waals surface area contributed by atoms with Gasteiger partial charge in [-0.15, -0.1) is 0 Å². The molecule has 2 rings (SSSR count). The molecule has 2 aliphatic rings. The lowest BCUT2D eigenvalue weighted by molar-refractivity contribution is -0.0503. The Morgan fingerprint density at radius 1 is 1.26 bits per heavy atom. The molecule has 0 aromatic heterocycles. The molecule has 1 unspecified atom stereocenters. The lowest BCUT2D eigenvalue weighted by atomic mass is 9.87. The zero-order valence-electron chi connectivity index (χ0n) is 13.1. The van der Waals surface area contributed by atoms with Gasteiger partial charge in [0.1, 0.15) is 0 Å².